The van der Waals surface area contributed by atoms with Gasteiger partial charge in [0.2, 0.25) is 10.0 Å². The monoisotopic (exact) mass is 407 g/mol. The van der Waals surface area contributed by atoms with Gasteiger partial charge in [0.15, 0.2) is 11.0 Å². The van der Waals surface area contributed by atoms with Gasteiger partial charge in [-0.1, -0.05) is 11.3 Å². The first kappa shape index (κ1) is 19.8. The molecule has 2 heterocycles. The van der Waals surface area contributed by atoms with E-state index in [9.17, 15) is 8.42 Å². The van der Waals surface area contributed by atoms with Crippen molar-refractivity contribution >= 4 is 37.5 Å². The molecule has 0 atom stereocenters. The van der Waals surface area contributed by atoms with E-state index in [1.54, 1.807) is 23.5 Å². The summed E-state index contributed by atoms with van der Waals surface area (Å²) in [6.07, 6.45) is 1.85. The zero-order valence-electron chi connectivity index (χ0n) is 16.3. The van der Waals surface area contributed by atoms with E-state index >= 15 is 0 Å². The van der Waals surface area contributed by atoms with Crippen LogP contribution in [-0.4, -0.2) is 54.4 Å². The molecule has 0 amide bonds. The number of hydrogen-bond acceptors (Lipinski definition) is 6. The molecule has 0 bridgehead atoms. The molecular weight excluding hydrogens is 382 g/mol. The van der Waals surface area contributed by atoms with Gasteiger partial charge in [0.05, 0.1) is 27.0 Å². The Morgan fingerprint density at radius 3 is 2.44 bits per heavy atom. The van der Waals surface area contributed by atoms with Gasteiger partial charge in [0.1, 0.15) is 0 Å². The van der Waals surface area contributed by atoms with Gasteiger partial charge in [-0.3, -0.25) is 0 Å². The Balaban J connectivity index is 2.12. The number of rotatable bonds is 7. The van der Waals surface area contributed by atoms with E-state index in [2.05, 4.69) is 35.2 Å². The Morgan fingerprint density at radius 1 is 1.15 bits per heavy atom. The maximum absolute atomic E-state index is 12.4. The van der Waals surface area contributed by atoms with Crippen molar-refractivity contribution in [2.45, 2.75) is 32.2 Å². The van der Waals surface area contributed by atoms with Crippen LogP contribution in [0.3, 0.4) is 0 Å². The molecule has 0 radical (unpaired) electrons. The molecule has 1 aromatic carbocycles. The number of fused-ring (bicyclic) bond motifs is 1. The van der Waals surface area contributed by atoms with Crippen LogP contribution >= 0.6 is 11.3 Å². The van der Waals surface area contributed by atoms with E-state index in [4.69, 9.17) is 4.98 Å². The van der Waals surface area contributed by atoms with Crippen molar-refractivity contribution in [3.8, 4) is 10.7 Å². The Labute approximate surface area is 164 Å². The molecule has 0 aliphatic carbocycles. The normalized spacial score (nSPS) is 12.2. The number of aryl methyl sites for hydroxylation is 1. The number of nitrogens with zero attached hydrogens (tertiary/aromatic N) is 5. The van der Waals surface area contributed by atoms with E-state index in [-0.39, 0.29) is 4.90 Å². The van der Waals surface area contributed by atoms with E-state index in [0.717, 1.165) is 41.0 Å². The van der Waals surface area contributed by atoms with Crippen molar-refractivity contribution in [2.75, 3.05) is 32.1 Å². The minimum Gasteiger partial charge on any atom is -0.349 e. The van der Waals surface area contributed by atoms with Crippen LogP contribution in [0.1, 0.15) is 20.8 Å². The number of thiazole rings is 1. The number of sulfonamides is 1. The van der Waals surface area contributed by atoms with Crippen LogP contribution in [0, 0.1) is 0 Å². The fourth-order valence-corrected chi connectivity index (χ4v) is 4.96. The van der Waals surface area contributed by atoms with Crippen LogP contribution in [0.2, 0.25) is 0 Å². The summed E-state index contributed by atoms with van der Waals surface area (Å²) >= 11 is 1.61. The predicted octanol–water partition coefficient (Wildman–Crippen LogP) is 3.28. The van der Waals surface area contributed by atoms with Crippen molar-refractivity contribution < 1.29 is 8.42 Å². The van der Waals surface area contributed by atoms with E-state index < -0.39 is 10.0 Å². The van der Waals surface area contributed by atoms with E-state index in [1.807, 2.05) is 12.3 Å². The standard InChI is InChI=1S/C18H25N5O2S2/c1-6-22(7-2)18-19-12-16(26-18)17-20-14-11-13(27(24,25)21(4)5)9-10-15(14)23(17)8-3/h9-12H,6-8H2,1-5H3. The van der Waals surface area contributed by atoms with Gasteiger partial charge in [-0.15, -0.1) is 0 Å². The highest BCUT2D eigenvalue weighted by atomic mass is 32.2. The third-order valence-electron chi connectivity index (χ3n) is 4.56. The molecule has 0 saturated carbocycles. The molecule has 0 saturated heterocycles. The summed E-state index contributed by atoms with van der Waals surface area (Å²) < 4.78 is 28.2. The molecular formula is C18H25N5O2S2. The first-order chi connectivity index (χ1) is 12.8. The lowest BCUT2D eigenvalue weighted by Crippen LogP contribution is -2.22. The zero-order valence-corrected chi connectivity index (χ0v) is 17.9. The molecule has 0 aliphatic heterocycles. The third kappa shape index (κ3) is 3.46. The Bertz CT molecular complexity index is 1050. The lowest BCUT2D eigenvalue weighted by molar-refractivity contribution is 0.521. The molecule has 0 N–H and O–H groups in total. The van der Waals surface area contributed by atoms with Gasteiger partial charge in [0, 0.05) is 33.7 Å². The first-order valence-electron chi connectivity index (χ1n) is 8.97. The zero-order chi connectivity index (χ0) is 19.8. The summed E-state index contributed by atoms with van der Waals surface area (Å²) in [4.78, 5) is 12.7. The molecule has 3 rings (SSSR count). The first-order valence-corrected chi connectivity index (χ1v) is 11.2. The smallest absolute Gasteiger partial charge is 0.242 e. The summed E-state index contributed by atoms with van der Waals surface area (Å²) in [6.45, 7) is 8.82. The van der Waals surface area contributed by atoms with Crippen molar-refractivity contribution in [1.82, 2.24) is 18.8 Å². The highest BCUT2D eigenvalue weighted by Gasteiger charge is 2.21. The van der Waals surface area contributed by atoms with Crippen LogP contribution in [0.25, 0.3) is 21.7 Å². The largest absolute Gasteiger partial charge is 0.349 e. The van der Waals surface area contributed by atoms with Crippen LogP contribution in [0.15, 0.2) is 29.3 Å². The fraction of sp³-hybridized carbons (Fsp3) is 0.444. The van der Waals surface area contributed by atoms with Gasteiger partial charge >= 0.3 is 0 Å². The summed E-state index contributed by atoms with van der Waals surface area (Å²) in [7, 11) is -0.431. The van der Waals surface area contributed by atoms with Gasteiger partial charge in [-0.2, -0.15) is 0 Å². The second kappa shape index (κ2) is 7.57. The van der Waals surface area contributed by atoms with Crippen molar-refractivity contribution in [2.24, 2.45) is 0 Å². The quantitative estimate of drug-likeness (QED) is 0.601. The third-order valence-corrected chi connectivity index (χ3v) is 7.43. The summed E-state index contributed by atoms with van der Waals surface area (Å²) in [6, 6.07) is 5.12. The maximum atomic E-state index is 12.4. The average molecular weight is 408 g/mol. The molecule has 3 aromatic rings. The number of hydrogen-bond donors (Lipinski definition) is 0. The van der Waals surface area contributed by atoms with E-state index in [0.29, 0.717) is 5.52 Å². The lowest BCUT2D eigenvalue weighted by Gasteiger charge is -2.16. The van der Waals surface area contributed by atoms with Crippen LogP contribution in [0.5, 0.6) is 0 Å². The summed E-state index contributed by atoms with van der Waals surface area (Å²) in [5.41, 5.74) is 1.59. The molecule has 9 heteroatoms. The van der Waals surface area contributed by atoms with Gasteiger partial charge in [-0.25, -0.2) is 22.7 Å². The van der Waals surface area contributed by atoms with Crippen LogP contribution < -0.4 is 4.90 Å². The average Bonchev–Trinajstić information content (AvgIpc) is 3.26. The van der Waals surface area contributed by atoms with Gasteiger partial charge in [-0.05, 0) is 39.0 Å². The number of aromatic nitrogens is 3. The molecule has 0 spiro atoms. The number of anilines is 1. The van der Waals surface area contributed by atoms with Crippen molar-refractivity contribution in [1.29, 1.82) is 0 Å². The maximum Gasteiger partial charge on any atom is 0.242 e. The lowest BCUT2D eigenvalue weighted by atomic mass is 10.3. The fourth-order valence-electron chi connectivity index (χ4n) is 3.00. The van der Waals surface area contributed by atoms with Crippen molar-refractivity contribution in [3.63, 3.8) is 0 Å². The summed E-state index contributed by atoms with van der Waals surface area (Å²) in [5, 5.41) is 0.973. The molecule has 0 fully saturated rings. The second-order valence-corrected chi connectivity index (χ2v) is 9.46. The molecule has 146 valence electrons. The Morgan fingerprint density at radius 2 is 1.85 bits per heavy atom. The Hall–Kier alpha value is -1.97. The molecule has 7 nitrogen and oxygen atoms in total. The van der Waals surface area contributed by atoms with Gasteiger partial charge in [0.25, 0.3) is 0 Å². The molecule has 0 aliphatic rings. The predicted molar refractivity (Wildman–Crippen MR) is 111 cm³/mol. The molecule has 2 aromatic heterocycles. The highest BCUT2D eigenvalue weighted by molar-refractivity contribution is 7.89. The van der Waals surface area contributed by atoms with E-state index in [1.165, 1.54) is 18.4 Å². The highest BCUT2D eigenvalue weighted by Crippen LogP contribution is 2.33. The van der Waals surface area contributed by atoms with Crippen LogP contribution in [0.4, 0.5) is 5.13 Å². The SMILES string of the molecule is CCN(CC)c1ncc(-c2nc3cc(S(=O)(=O)N(C)C)ccc3n2CC)s1. The Kier molecular flexibility index (Phi) is 5.55. The minimum absolute atomic E-state index is 0.250. The summed E-state index contributed by atoms with van der Waals surface area (Å²) in [5.74, 6) is 0.822. The van der Waals surface area contributed by atoms with Crippen molar-refractivity contribution in [3.05, 3.63) is 24.4 Å². The minimum atomic E-state index is -3.49. The second-order valence-electron chi connectivity index (χ2n) is 6.30. The number of imidazole rings is 1. The molecule has 27 heavy (non-hydrogen) atoms. The topological polar surface area (TPSA) is 71.3 Å². The number of benzene rings is 1. The molecule has 0 unspecified atom stereocenters. The van der Waals surface area contributed by atoms with Gasteiger partial charge < -0.3 is 9.47 Å². The van der Waals surface area contributed by atoms with Crippen LogP contribution in [-0.2, 0) is 16.6 Å².